The zero-order valence-corrected chi connectivity index (χ0v) is 15.6. The summed E-state index contributed by atoms with van der Waals surface area (Å²) in [5, 5.41) is 2.69. The van der Waals surface area contributed by atoms with Gasteiger partial charge in [-0.15, -0.1) is 0 Å². The van der Waals surface area contributed by atoms with Crippen LogP contribution >= 0.6 is 15.9 Å². The Balaban J connectivity index is 1.54. The highest BCUT2D eigenvalue weighted by atomic mass is 79.9. The molecule has 2 aliphatic heterocycles. The second-order valence-electron chi connectivity index (χ2n) is 6.69. The average Bonchev–Trinajstić information content (AvgIpc) is 3.10. The smallest absolute Gasteiger partial charge is 0.317 e. The van der Waals surface area contributed by atoms with Crippen LogP contribution in [0.25, 0.3) is 0 Å². The molecule has 0 bridgehead atoms. The van der Waals surface area contributed by atoms with Gasteiger partial charge in [0.25, 0.3) is 5.91 Å². The second-order valence-corrected chi connectivity index (χ2v) is 7.61. The van der Waals surface area contributed by atoms with Crippen molar-refractivity contribution in [2.45, 2.75) is 19.3 Å². The van der Waals surface area contributed by atoms with Crippen LogP contribution < -0.4 is 5.32 Å². The molecular weight excluding hydrogens is 370 g/mol. The van der Waals surface area contributed by atoms with Gasteiger partial charge in [-0.1, -0.05) is 22.0 Å². The molecule has 130 valence electrons. The number of hydrogen-bond donors (Lipinski definition) is 1. The summed E-state index contributed by atoms with van der Waals surface area (Å²) in [5.74, 6) is 1.31. The van der Waals surface area contributed by atoms with Crippen molar-refractivity contribution in [2.24, 2.45) is 11.8 Å². The van der Waals surface area contributed by atoms with Gasteiger partial charge in [-0.3, -0.25) is 4.79 Å². The zero-order valence-electron chi connectivity index (χ0n) is 14.0. The third-order valence-corrected chi connectivity index (χ3v) is 5.78. The Hall–Kier alpha value is -1.56. The lowest BCUT2D eigenvalue weighted by Gasteiger charge is -2.34. The molecule has 6 heteroatoms. The van der Waals surface area contributed by atoms with E-state index < -0.39 is 0 Å². The van der Waals surface area contributed by atoms with Gasteiger partial charge in [0.15, 0.2) is 0 Å². The number of urea groups is 1. The number of halogens is 1. The number of benzene rings is 1. The summed E-state index contributed by atoms with van der Waals surface area (Å²) in [6.07, 6.45) is 3.15. The summed E-state index contributed by atoms with van der Waals surface area (Å²) in [6.45, 7) is 3.32. The topological polar surface area (TPSA) is 52.7 Å². The van der Waals surface area contributed by atoms with Gasteiger partial charge in [0.1, 0.15) is 0 Å². The van der Waals surface area contributed by atoms with Crippen LogP contribution in [0.2, 0.25) is 0 Å². The largest absolute Gasteiger partial charge is 0.341 e. The molecule has 2 aliphatic rings. The molecule has 3 amide bonds. The molecule has 2 heterocycles. The highest BCUT2D eigenvalue weighted by Gasteiger charge is 2.34. The lowest BCUT2D eigenvalue weighted by Crippen LogP contribution is -2.44. The van der Waals surface area contributed by atoms with Crippen molar-refractivity contribution in [1.82, 2.24) is 15.1 Å². The van der Waals surface area contributed by atoms with Crippen LogP contribution in [0.1, 0.15) is 29.6 Å². The molecule has 0 aliphatic carbocycles. The standard InChI is InChI=1S/C18H24BrN3O2/c1-20-18(24)21-8-5-13(6-9-21)15-7-10-22(12-15)17(23)14-3-2-4-16(19)11-14/h2-4,11,13,15H,5-10,12H2,1H3,(H,20,24). The van der Waals surface area contributed by atoms with Crippen LogP contribution in [0.4, 0.5) is 4.79 Å². The average molecular weight is 394 g/mol. The highest BCUT2D eigenvalue weighted by Crippen LogP contribution is 2.32. The lowest BCUT2D eigenvalue weighted by atomic mass is 9.84. The number of carbonyl (C=O) groups is 2. The van der Waals surface area contributed by atoms with E-state index in [-0.39, 0.29) is 11.9 Å². The molecule has 2 fully saturated rings. The number of rotatable bonds is 2. The minimum atomic E-state index is 0.0198. The quantitative estimate of drug-likeness (QED) is 0.839. The number of amides is 3. The SMILES string of the molecule is CNC(=O)N1CCC(C2CCN(C(=O)c3cccc(Br)c3)C2)CC1. The van der Waals surface area contributed by atoms with Crippen molar-refractivity contribution >= 4 is 27.9 Å². The fourth-order valence-corrected chi connectivity index (χ4v) is 4.29. The van der Waals surface area contributed by atoms with Crippen molar-refractivity contribution in [3.8, 4) is 0 Å². The number of likely N-dealkylation sites (tertiary alicyclic amines) is 2. The van der Waals surface area contributed by atoms with E-state index in [1.807, 2.05) is 34.1 Å². The van der Waals surface area contributed by atoms with Crippen LogP contribution in [-0.4, -0.2) is 55.0 Å². The normalized spacial score (nSPS) is 21.8. The predicted octanol–water partition coefficient (Wildman–Crippen LogP) is 2.96. The summed E-state index contributed by atoms with van der Waals surface area (Å²) in [7, 11) is 1.68. The Kier molecular flexibility index (Phi) is 5.43. The maximum absolute atomic E-state index is 12.7. The molecule has 5 nitrogen and oxygen atoms in total. The van der Waals surface area contributed by atoms with Crippen LogP contribution in [-0.2, 0) is 0 Å². The van der Waals surface area contributed by atoms with Crippen LogP contribution in [0, 0.1) is 11.8 Å². The van der Waals surface area contributed by atoms with Crippen molar-refractivity contribution in [2.75, 3.05) is 33.2 Å². The fourth-order valence-electron chi connectivity index (χ4n) is 3.89. The van der Waals surface area contributed by atoms with Crippen molar-refractivity contribution in [1.29, 1.82) is 0 Å². The van der Waals surface area contributed by atoms with Crippen LogP contribution in [0.5, 0.6) is 0 Å². The first-order valence-corrected chi connectivity index (χ1v) is 9.39. The van der Waals surface area contributed by atoms with Crippen LogP contribution in [0.15, 0.2) is 28.7 Å². The molecule has 1 unspecified atom stereocenters. The van der Waals surface area contributed by atoms with E-state index in [0.29, 0.717) is 11.8 Å². The third kappa shape index (κ3) is 3.74. The van der Waals surface area contributed by atoms with E-state index in [1.165, 1.54) is 0 Å². The molecular formula is C18H24BrN3O2. The van der Waals surface area contributed by atoms with E-state index in [0.717, 1.165) is 55.5 Å². The Morgan fingerprint density at radius 1 is 1.08 bits per heavy atom. The third-order valence-electron chi connectivity index (χ3n) is 5.29. The first-order valence-electron chi connectivity index (χ1n) is 8.60. The Morgan fingerprint density at radius 3 is 2.42 bits per heavy atom. The van der Waals surface area contributed by atoms with Crippen molar-refractivity contribution in [3.05, 3.63) is 34.3 Å². The van der Waals surface area contributed by atoms with E-state index >= 15 is 0 Å². The van der Waals surface area contributed by atoms with Gasteiger partial charge >= 0.3 is 6.03 Å². The van der Waals surface area contributed by atoms with Gasteiger partial charge in [0.05, 0.1) is 0 Å². The van der Waals surface area contributed by atoms with Gasteiger partial charge in [0.2, 0.25) is 0 Å². The number of nitrogens with one attached hydrogen (secondary N) is 1. The maximum Gasteiger partial charge on any atom is 0.317 e. The van der Waals surface area contributed by atoms with E-state index in [1.54, 1.807) is 7.05 Å². The first kappa shape index (κ1) is 17.3. The van der Waals surface area contributed by atoms with Gasteiger partial charge < -0.3 is 15.1 Å². The second kappa shape index (κ2) is 7.55. The minimum absolute atomic E-state index is 0.0198. The molecule has 2 saturated heterocycles. The zero-order chi connectivity index (χ0) is 17.1. The maximum atomic E-state index is 12.7. The Morgan fingerprint density at radius 2 is 1.75 bits per heavy atom. The molecule has 3 rings (SSSR count). The highest BCUT2D eigenvalue weighted by molar-refractivity contribution is 9.10. The van der Waals surface area contributed by atoms with Gasteiger partial charge in [-0.25, -0.2) is 4.79 Å². The molecule has 0 spiro atoms. The summed E-state index contributed by atoms with van der Waals surface area (Å²) < 4.78 is 0.936. The fraction of sp³-hybridized carbons (Fsp3) is 0.556. The summed E-state index contributed by atoms with van der Waals surface area (Å²) in [4.78, 5) is 28.2. The number of nitrogens with zero attached hydrogens (tertiary/aromatic N) is 2. The molecule has 24 heavy (non-hydrogen) atoms. The molecule has 1 aromatic carbocycles. The predicted molar refractivity (Wildman–Crippen MR) is 96.9 cm³/mol. The van der Waals surface area contributed by atoms with Crippen molar-refractivity contribution < 1.29 is 9.59 Å². The number of piperidine rings is 1. The van der Waals surface area contributed by atoms with E-state index in [9.17, 15) is 9.59 Å². The monoisotopic (exact) mass is 393 g/mol. The molecule has 1 N–H and O–H groups in total. The van der Waals surface area contributed by atoms with Crippen molar-refractivity contribution in [3.63, 3.8) is 0 Å². The first-order chi connectivity index (χ1) is 11.6. The molecule has 1 aromatic rings. The van der Waals surface area contributed by atoms with Gasteiger partial charge in [-0.2, -0.15) is 0 Å². The number of carbonyl (C=O) groups excluding carboxylic acids is 2. The van der Waals surface area contributed by atoms with Gasteiger partial charge in [-0.05, 0) is 49.3 Å². The summed E-state index contributed by atoms with van der Waals surface area (Å²) in [5.41, 5.74) is 0.750. The summed E-state index contributed by atoms with van der Waals surface area (Å²) >= 11 is 3.43. The minimum Gasteiger partial charge on any atom is -0.341 e. The Labute approximate surface area is 151 Å². The number of hydrogen-bond acceptors (Lipinski definition) is 2. The molecule has 0 radical (unpaired) electrons. The molecule has 0 aromatic heterocycles. The molecule has 0 saturated carbocycles. The van der Waals surface area contributed by atoms with Gasteiger partial charge in [0, 0.05) is 43.3 Å². The van der Waals surface area contributed by atoms with E-state index in [2.05, 4.69) is 21.2 Å². The molecule has 1 atom stereocenters. The summed E-state index contributed by atoms with van der Waals surface area (Å²) in [6, 6.07) is 7.62. The Bertz CT molecular complexity index is 614. The van der Waals surface area contributed by atoms with Crippen LogP contribution in [0.3, 0.4) is 0 Å². The lowest BCUT2D eigenvalue weighted by molar-refractivity contribution is 0.0777. The van der Waals surface area contributed by atoms with E-state index in [4.69, 9.17) is 0 Å².